The van der Waals surface area contributed by atoms with Crippen molar-refractivity contribution < 1.29 is 42.5 Å². The summed E-state index contributed by atoms with van der Waals surface area (Å²) in [6.45, 7) is 7.61. The van der Waals surface area contributed by atoms with Gasteiger partial charge in [0.25, 0.3) is 0 Å². The van der Waals surface area contributed by atoms with Gasteiger partial charge < -0.3 is 18.9 Å². The van der Waals surface area contributed by atoms with Gasteiger partial charge in [-0.1, -0.05) is 37.4 Å². The largest absolute Gasteiger partial charge is 0.463 e. The number of nitrogens with zero attached hydrogens (tertiary/aromatic N) is 1. The number of benzene rings is 3. The molecule has 3 aromatic carbocycles. The Bertz CT molecular complexity index is 1860. The molecule has 2 saturated carbocycles. The van der Waals surface area contributed by atoms with Crippen molar-refractivity contribution in [1.29, 1.82) is 5.26 Å². The molecule has 0 saturated heterocycles. The molecule has 3 aromatic rings. The second kappa shape index (κ2) is 20.2. The van der Waals surface area contributed by atoms with Gasteiger partial charge in [0.05, 0.1) is 29.9 Å². The number of carbonyl (C=O) groups is 4. The summed E-state index contributed by atoms with van der Waals surface area (Å²) in [5, 5.41) is 9.44. The third kappa shape index (κ3) is 11.5. The smallest absolute Gasteiger partial charge is 0.343 e. The van der Waals surface area contributed by atoms with E-state index in [4.69, 9.17) is 18.9 Å². The molecule has 9 nitrogen and oxygen atoms in total. The Morgan fingerprint density at radius 3 is 1.51 bits per heavy atom. The maximum Gasteiger partial charge on any atom is 0.343 e. The van der Waals surface area contributed by atoms with Crippen molar-refractivity contribution in [3.63, 3.8) is 0 Å². The average Bonchev–Trinajstić information content (AvgIpc) is 3.22. The summed E-state index contributed by atoms with van der Waals surface area (Å²) in [6, 6.07) is 18.3. The lowest BCUT2D eigenvalue weighted by molar-refractivity contribution is -0.138. The van der Waals surface area contributed by atoms with Crippen LogP contribution in [0, 0.1) is 29.0 Å². The van der Waals surface area contributed by atoms with Gasteiger partial charge >= 0.3 is 23.9 Å². The van der Waals surface area contributed by atoms with Crippen LogP contribution in [0.25, 0.3) is 0 Å². The SMILES string of the molecule is C=CC(=O)OCCC[C@H]1CC[C@H](c2ccc(C(=O)Oc3ccc(C#N)c(F)c3OC(=O)c3ccc([C@H]4CC[C@H](CCCOC(=O)C=C)CC4)cc3)cc2)CC1. The molecule has 0 amide bonds. The average molecular weight is 750 g/mol. The number of ether oxygens (including phenoxy) is 4. The highest BCUT2D eigenvalue weighted by Crippen LogP contribution is 2.39. The van der Waals surface area contributed by atoms with Gasteiger partial charge in [0.15, 0.2) is 11.6 Å². The van der Waals surface area contributed by atoms with Crippen LogP contribution in [0.5, 0.6) is 11.5 Å². The molecule has 288 valence electrons. The molecule has 0 aromatic heterocycles. The van der Waals surface area contributed by atoms with Crippen molar-refractivity contribution in [3.05, 3.63) is 120 Å². The summed E-state index contributed by atoms with van der Waals surface area (Å²) in [4.78, 5) is 48.9. The van der Waals surface area contributed by atoms with Crippen molar-refractivity contribution in [1.82, 2.24) is 0 Å². The van der Waals surface area contributed by atoms with E-state index in [1.807, 2.05) is 24.3 Å². The molecule has 0 heterocycles. The summed E-state index contributed by atoms with van der Waals surface area (Å²) >= 11 is 0. The first-order valence-corrected chi connectivity index (χ1v) is 19.1. The van der Waals surface area contributed by atoms with Crippen LogP contribution in [0.15, 0.2) is 86.0 Å². The van der Waals surface area contributed by atoms with Crippen molar-refractivity contribution in [2.75, 3.05) is 13.2 Å². The molecule has 55 heavy (non-hydrogen) atoms. The Balaban J connectivity index is 1.14. The van der Waals surface area contributed by atoms with Gasteiger partial charge in [0.2, 0.25) is 5.75 Å². The fraction of sp³-hybridized carbons (Fsp3) is 0.400. The fourth-order valence-corrected chi connectivity index (χ4v) is 7.67. The van der Waals surface area contributed by atoms with Crippen LogP contribution in [-0.4, -0.2) is 37.1 Å². The Morgan fingerprint density at radius 1 is 0.655 bits per heavy atom. The molecule has 5 rings (SSSR count). The number of rotatable bonds is 16. The number of hydrogen-bond acceptors (Lipinski definition) is 9. The quantitative estimate of drug-likeness (QED) is 0.0608. The zero-order valence-electron chi connectivity index (χ0n) is 31.1. The molecule has 0 spiro atoms. The molecule has 0 N–H and O–H groups in total. The summed E-state index contributed by atoms with van der Waals surface area (Å²) in [5.74, 6) is -2.59. The maximum absolute atomic E-state index is 15.4. The third-order valence-corrected chi connectivity index (χ3v) is 10.8. The van der Waals surface area contributed by atoms with Gasteiger partial charge in [-0.3, -0.25) is 0 Å². The van der Waals surface area contributed by atoms with Gasteiger partial charge in [-0.05, 0) is 148 Å². The molecule has 10 heteroatoms. The van der Waals surface area contributed by atoms with E-state index in [1.54, 1.807) is 30.3 Å². The van der Waals surface area contributed by atoms with Gasteiger partial charge in [-0.15, -0.1) is 0 Å². The van der Waals surface area contributed by atoms with Crippen LogP contribution in [0.4, 0.5) is 4.39 Å². The molecular formula is C45H48FNO8. The maximum atomic E-state index is 15.4. The highest BCUT2D eigenvalue weighted by Gasteiger charge is 2.26. The van der Waals surface area contributed by atoms with Gasteiger partial charge in [0.1, 0.15) is 6.07 Å². The van der Waals surface area contributed by atoms with Crippen LogP contribution in [-0.2, 0) is 19.1 Å². The normalized spacial score (nSPS) is 19.3. The molecule has 0 aliphatic heterocycles. The number of carbonyl (C=O) groups excluding carboxylic acids is 4. The standard InChI is InChI=1S/C45H48FNO8/c1-3-40(48)52-27-5-7-30-9-13-32(14-10-30)34-17-21-36(22-18-34)44(50)54-39-26-25-38(29-47)42(46)43(39)55-45(51)37-23-19-35(20-24-37)33-15-11-31(12-16-33)8-6-28-53-41(49)4-2/h3-4,17-26,30-33H,1-2,5-16,27-28H2/t30-,31-,32-,33-. The first-order chi connectivity index (χ1) is 26.7. The predicted molar refractivity (Wildman–Crippen MR) is 204 cm³/mol. The minimum Gasteiger partial charge on any atom is -0.463 e. The van der Waals surface area contributed by atoms with Crippen molar-refractivity contribution in [3.8, 4) is 17.6 Å². The molecule has 2 fully saturated rings. The molecule has 0 bridgehead atoms. The Hall–Kier alpha value is -5.56. The number of nitriles is 1. The van der Waals surface area contributed by atoms with E-state index in [0.717, 1.165) is 88.2 Å². The molecule has 0 radical (unpaired) electrons. The van der Waals surface area contributed by atoms with Crippen LogP contribution >= 0.6 is 0 Å². The number of esters is 4. The molecule has 2 aliphatic carbocycles. The Kier molecular flexibility index (Phi) is 14.9. The van der Waals surface area contributed by atoms with E-state index in [1.165, 1.54) is 24.3 Å². The van der Waals surface area contributed by atoms with Gasteiger partial charge in [-0.25, -0.2) is 23.6 Å². The van der Waals surface area contributed by atoms with Crippen LogP contribution in [0.3, 0.4) is 0 Å². The zero-order chi connectivity index (χ0) is 39.2. The lowest BCUT2D eigenvalue weighted by atomic mass is 9.77. The number of hydrogen-bond donors (Lipinski definition) is 0. The first-order valence-electron chi connectivity index (χ1n) is 19.1. The first kappa shape index (κ1) is 40.6. The second-order valence-corrected chi connectivity index (χ2v) is 14.4. The number of halogens is 1. The fourth-order valence-electron chi connectivity index (χ4n) is 7.67. The summed E-state index contributed by atoms with van der Waals surface area (Å²) in [7, 11) is 0. The van der Waals surface area contributed by atoms with Gasteiger partial charge in [0, 0.05) is 12.2 Å². The molecule has 0 unspecified atom stereocenters. The second-order valence-electron chi connectivity index (χ2n) is 14.4. The van der Waals surface area contributed by atoms with E-state index in [-0.39, 0.29) is 22.4 Å². The zero-order valence-corrected chi connectivity index (χ0v) is 31.1. The van der Waals surface area contributed by atoms with E-state index in [2.05, 4.69) is 13.2 Å². The predicted octanol–water partition coefficient (Wildman–Crippen LogP) is 9.70. The lowest BCUT2D eigenvalue weighted by Crippen LogP contribution is -2.16. The highest BCUT2D eigenvalue weighted by atomic mass is 19.1. The summed E-state index contributed by atoms with van der Waals surface area (Å²) in [6.07, 6.45) is 14.3. The minimum absolute atomic E-state index is 0.184. The van der Waals surface area contributed by atoms with E-state index in [9.17, 15) is 24.4 Å². The topological polar surface area (TPSA) is 129 Å². The summed E-state index contributed by atoms with van der Waals surface area (Å²) in [5.41, 5.74) is 2.29. The highest BCUT2D eigenvalue weighted by molar-refractivity contribution is 5.93. The third-order valence-electron chi connectivity index (χ3n) is 10.8. The Morgan fingerprint density at radius 2 is 1.09 bits per heavy atom. The van der Waals surface area contributed by atoms with Crippen LogP contribution in [0.2, 0.25) is 0 Å². The molecular weight excluding hydrogens is 701 g/mol. The van der Waals surface area contributed by atoms with Gasteiger partial charge in [-0.2, -0.15) is 5.26 Å². The summed E-state index contributed by atoms with van der Waals surface area (Å²) < 4.78 is 36.6. The lowest BCUT2D eigenvalue weighted by Gasteiger charge is -2.29. The Labute approximate surface area is 322 Å². The monoisotopic (exact) mass is 749 g/mol. The molecule has 2 aliphatic rings. The minimum atomic E-state index is -1.10. The molecule has 0 atom stereocenters. The van der Waals surface area contributed by atoms with E-state index in [0.29, 0.717) is 36.9 Å². The van der Waals surface area contributed by atoms with E-state index >= 15 is 4.39 Å². The van der Waals surface area contributed by atoms with Crippen LogP contribution in [0.1, 0.15) is 126 Å². The van der Waals surface area contributed by atoms with Crippen molar-refractivity contribution in [2.24, 2.45) is 11.8 Å². The van der Waals surface area contributed by atoms with Crippen LogP contribution < -0.4 is 9.47 Å². The van der Waals surface area contributed by atoms with E-state index < -0.39 is 35.4 Å². The van der Waals surface area contributed by atoms with Crippen molar-refractivity contribution in [2.45, 2.75) is 88.9 Å². The van der Waals surface area contributed by atoms with Crippen molar-refractivity contribution >= 4 is 23.9 Å².